The molecule has 0 bridgehead atoms. The van der Waals surface area contributed by atoms with Gasteiger partial charge in [-0.1, -0.05) is 35.9 Å². The van der Waals surface area contributed by atoms with Gasteiger partial charge in [0.2, 0.25) is 0 Å². The maximum absolute atomic E-state index is 12.4. The second-order valence-electron chi connectivity index (χ2n) is 6.28. The van der Waals surface area contributed by atoms with E-state index in [-0.39, 0.29) is 6.61 Å². The second-order valence-corrected chi connectivity index (χ2v) is 6.28. The smallest absolute Gasteiger partial charge is 0.379 e. The number of carbonyl (C=O) groups excluding carboxylic acids is 3. The number of ether oxygens (including phenoxy) is 2. The standard InChI is InChI=1S/C21H22O5/c1-13-10-14(2)18(15(3)11-13)19(22)21(24)25-12-16(4)26-20(23)17-8-6-5-7-9-17/h5-11,16H,12H2,1-4H3. The lowest BCUT2D eigenvalue weighted by atomic mass is 9.97. The lowest BCUT2D eigenvalue weighted by Gasteiger charge is -2.14. The summed E-state index contributed by atoms with van der Waals surface area (Å²) >= 11 is 0. The summed E-state index contributed by atoms with van der Waals surface area (Å²) < 4.78 is 10.2. The van der Waals surface area contributed by atoms with Crippen LogP contribution in [0, 0.1) is 20.8 Å². The summed E-state index contributed by atoms with van der Waals surface area (Å²) in [7, 11) is 0. The van der Waals surface area contributed by atoms with Crippen molar-refractivity contribution in [2.45, 2.75) is 33.8 Å². The maximum Gasteiger partial charge on any atom is 0.379 e. The molecule has 26 heavy (non-hydrogen) atoms. The minimum Gasteiger partial charge on any atom is -0.456 e. The summed E-state index contributed by atoms with van der Waals surface area (Å²) in [5.74, 6) is -2.16. The molecule has 0 fully saturated rings. The number of aryl methyl sites for hydroxylation is 3. The van der Waals surface area contributed by atoms with Crippen LogP contribution in [0.15, 0.2) is 42.5 Å². The Morgan fingerprint density at radius 2 is 1.54 bits per heavy atom. The fraction of sp³-hybridized carbons (Fsp3) is 0.286. The van der Waals surface area contributed by atoms with Crippen molar-refractivity contribution in [2.24, 2.45) is 0 Å². The number of benzene rings is 2. The molecule has 0 aromatic heterocycles. The highest BCUT2D eigenvalue weighted by Gasteiger charge is 2.23. The second kappa shape index (κ2) is 8.43. The first kappa shape index (κ1) is 19.4. The molecule has 0 aliphatic carbocycles. The quantitative estimate of drug-likeness (QED) is 0.450. The van der Waals surface area contributed by atoms with E-state index in [2.05, 4.69) is 0 Å². The average Bonchev–Trinajstić information content (AvgIpc) is 2.59. The van der Waals surface area contributed by atoms with Gasteiger partial charge >= 0.3 is 11.9 Å². The molecular formula is C21H22O5. The Balaban J connectivity index is 1.94. The van der Waals surface area contributed by atoms with Gasteiger partial charge in [0.15, 0.2) is 0 Å². The molecule has 0 aliphatic rings. The van der Waals surface area contributed by atoms with Crippen molar-refractivity contribution in [3.63, 3.8) is 0 Å². The number of rotatable bonds is 6. The molecule has 136 valence electrons. The molecule has 1 unspecified atom stereocenters. The van der Waals surface area contributed by atoms with Crippen molar-refractivity contribution in [1.82, 2.24) is 0 Å². The van der Waals surface area contributed by atoms with Gasteiger partial charge in [-0.25, -0.2) is 9.59 Å². The largest absolute Gasteiger partial charge is 0.456 e. The van der Waals surface area contributed by atoms with Gasteiger partial charge in [-0.05, 0) is 51.0 Å². The summed E-state index contributed by atoms with van der Waals surface area (Å²) in [4.78, 5) is 36.4. The number of ketones is 1. The molecule has 0 saturated carbocycles. The summed E-state index contributed by atoms with van der Waals surface area (Å²) in [5, 5.41) is 0. The average molecular weight is 354 g/mol. The molecule has 0 radical (unpaired) electrons. The van der Waals surface area contributed by atoms with Crippen LogP contribution in [0.25, 0.3) is 0 Å². The van der Waals surface area contributed by atoms with Crippen LogP contribution >= 0.6 is 0 Å². The van der Waals surface area contributed by atoms with E-state index in [1.807, 2.05) is 19.1 Å². The monoisotopic (exact) mass is 354 g/mol. The van der Waals surface area contributed by atoms with Crippen LogP contribution in [0.5, 0.6) is 0 Å². The van der Waals surface area contributed by atoms with Crippen LogP contribution in [0.3, 0.4) is 0 Å². The Morgan fingerprint density at radius 3 is 2.12 bits per heavy atom. The van der Waals surface area contributed by atoms with Gasteiger partial charge in [0, 0.05) is 5.56 Å². The van der Waals surface area contributed by atoms with Gasteiger partial charge in [0.25, 0.3) is 5.78 Å². The first-order chi connectivity index (χ1) is 12.3. The first-order valence-electron chi connectivity index (χ1n) is 8.35. The number of hydrogen-bond acceptors (Lipinski definition) is 5. The molecule has 0 amide bonds. The maximum atomic E-state index is 12.4. The highest BCUT2D eigenvalue weighted by Crippen LogP contribution is 2.17. The normalized spacial score (nSPS) is 11.5. The van der Waals surface area contributed by atoms with Crippen molar-refractivity contribution in [2.75, 3.05) is 6.61 Å². The van der Waals surface area contributed by atoms with Crippen LogP contribution in [0.4, 0.5) is 0 Å². The van der Waals surface area contributed by atoms with Crippen LogP contribution in [0.1, 0.15) is 44.3 Å². The van der Waals surface area contributed by atoms with Gasteiger partial charge in [-0.15, -0.1) is 0 Å². The first-order valence-corrected chi connectivity index (χ1v) is 8.35. The molecule has 1 atom stereocenters. The lowest BCUT2D eigenvalue weighted by molar-refractivity contribution is -0.140. The van der Waals surface area contributed by atoms with E-state index in [0.717, 1.165) is 16.7 Å². The minimum absolute atomic E-state index is 0.187. The third-order valence-electron chi connectivity index (χ3n) is 3.86. The molecule has 0 heterocycles. The van der Waals surface area contributed by atoms with Gasteiger partial charge < -0.3 is 9.47 Å². The van der Waals surface area contributed by atoms with Crippen molar-refractivity contribution < 1.29 is 23.9 Å². The lowest BCUT2D eigenvalue weighted by Crippen LogP contribution is -2.26. The molecule has 0 spiro atoms. The van der Waals surface area contributed by atoms with Crippen LogP contribution in [-0.2, 0) is 14.3 Å². The molecule has 0 saturated heterocycles. The summed E-state index contributed by atoms with van der Waals surface area (Å²) in [6.45, 7) is 6.90. The Bertz CT molecular complexity index is 801. The predicted molar refractivity (Wildman–Crippen MR) is 97.3 cm³/mol. The third-order valence-corrected chi connectivity index (χ3v) is 3.86. The van der Waals surface area contributed by atoms with Crippen LogP contribution < -0.4 is 0 Å². The van der Waals surface area contributed by atoms with Crippen molar-refractivity contribution in [3.8, 4) is 0 Å². The molecule has 5 nitrogen and oxygen atoms in total. The third kappa shape index (κ3) is 4.79. The Labute approximate surface area is 152 Å². The highest BCUT2D eigenvalue weighted by atomic mass is 16.6. The van der Waals surface area contributed by atoms with Gasteiger partial charge in [0.1, 0.15) is 12.7 Å². The Hall–Kier alpha value is -2.95. The summed E-state index contributed by atoms with van der Waals surface area (Å²) in [5.41, 5.74) is 3.24. The van der Waals surface area contributed by atoms with E-state index in [1.54, 1.807) is 51.1 Å². The fourth-order valence-electron chi connectivity index (χ4n) is 2.76. The molecule has 0 aliphatic heterocycles. The predicted octanol–water partition coefficient (Wildman–Crippen LogP) is 3.58. The van der Waals surface area contributed by atoms with E-state index >= 15 is 0 Å². The molecule has 0 N–H and O–H groups in total. The zero-order valence-corrected chi connectivity index (χ0v) is 15.4. The number of Topliss-reactive ketones (excluding diaryl/α,β-unsaturated/α-hetero) is 1. The minimum atomic E-state index is -0.956. The highest BCUT2D eigenvalue weighted by molar-refractivity contribution is 6.41. The fourth-order valence-corrected chi connectivity index (χ4v) is 2.76. The van der Waals surface area contributed by atoms with E-state index < -0.39 is 23.8 Å². The van der Waals surface area contributed by atoms with E-state index in [4.69, 9.17) is 9.47 Å². The van der Waals surface area contributed by atoms with Crippen molar-refractivity contribution >= 4 is 17.7 Å². The van der Waals surface area contributed by atoms with Crippen molar-refractivity contribution in [3.05, 3.63) is 70.3 Å². The number of carbonyl (C=O) groups is 3. The zero-order valence-electron chi connectivity index (χ0n) is 15.4. The molecule has 2 rings (SSSR count). The van der Waals surface area contributed by atoms with Gasteiger partial charge in [0.05, 0.1) is 5.56 Å². The Kier molecular flexibility index (Phi) is 6.28. The van der Waals surface area contributed by atoms with Crippen LogP contribution in [0.2, 0.25) is 0 Å². The van der Waals surface area contributed by atoms with E-state index in [1.165, 1.54) is 0 Å². The van der Waals surface area contributed by atoms with E-state index in [9.17, 15) is 14.4 Å². The summed E-state index contributed by atoms with van der Waals surface area (Å²) in [6.07, 6.45) is -0.667. The molecule has 2 aromatic rings. The van der Waals surface area contributed by atoms with E-state index in [0.29, 0.717) is 11.1 Å². The number of esters is 2. The summed E-state index contributed by atoms with van der Waals surface area (Å²) in [6, 6.07) is 12.2. The van der Waals surface area contributed by atoms with Crippen LogP contribution in [-0.4, -0.2) is 30.4 Å². The SMILES string of the molecule is Cc1cc(C)c(C(=O)C(=O)OCC(C)OC(=O)c2ccccc2)c(C)c1. The van der Waals surface area contributed by atoms with Gasteiger partial charge in [-0.2, -0.15) is 0 Å². The Morgan fingerprint density at radius 1 is 0.962 bits per heavy atom. The molecular weight excluding hydrogens is 332 g/mol. The number of hydrogen-bond donors (Lipinski definition) is 0. The van der Waals surface area contributed by atoms with Gasteiger partial charge in [-0.3, -0.25) is 4.79 Å². The van der Waals surface area contributed by atoms with Crippen molar-refractivity contribution in [1.29, 1.82) is 0 Å². The molecule has 5 heteroatoms. The zero-order chi connectivity index (χ0) is 19.3. The topological polar surface area (TPSA) is 69.7 Å². The molecule has 2 aromatic carbocycles.